The van der Waals surface area contributed by atoms with Crippen LogP contribution in [-0.2, 0) is 11.3 Å². The first-order valence-corrected chi connectivity index (χ1v) is 8.34. The number of fused-ring (bicyclic) bond motifs is 1. The number of aryl methyl sites for hydroxylation is 1. The number of rotatable bonds is 4. The van der Waals surface area contributed by atoms with Gasteiger partial charge < -0.3 is 15.5 Å². The SMILES string of the molecule is C#CC(=O)Nc1ccc(CN=Cc2c(O)[nH]c(=O)c3ccc(C)cc23)cc1O. The predicted molar refractivity (Wildman–Crippen MR) is 108 cm³/mol. The van der Waals surface area contributed by atoms with Crippen molar-refractivity contribution in [2.45, 2.75) is 13.5 Å². The van der Waals surface area contributed by atoms with Gasteiger partial charge in [0.2, 0.25) is 5.88 Å². The van der Waals surface area contributed by atoms with Crippen LogP contribution in [0.25, 0.3) is 10.8 Å². The maximum absolute atomic E-state index is 12.0. The molecule has 0 saturated heterocycles. The molecule has 28 heavy (non-hydrogen) atoms. The molecule has 4 N–H and O–H groups in total. The molecule has 7 heteroatoms. The number of nitrogens with zero attached hydrogens (tertiary/aromatic N) is 1. The third kappa shape index (κ3) is 3.86. The number of carbonyl (C=O) groups is 1. The second-order valence-corrected chi connectivity index (χ2v) is 6.19. The number of carbonyl (C=O) groups excluding carboxylic acids is 1. The first-order valence-electron chi connectivity index (χ1n) is 8.34. The van der Waals surface area contributed by atoms with Crippen LogP contribution in [0.15, 0.2) is 46.2 Å². The molecular weight excluding hydrogens is 358 g/mol. The van der Waals surface area contributed by atoms with Crippen molar-refractivity contribution >= 4 is 28.6 Å². The predicted octanol–water partition coefficient (Wildman–Crippen LogP) is 2.44. The lowest BCUT2D eigenvalue weighted by molar-refractivity contribution is -0.111. The zero-order chi connectivity index (χ0) is 20.3. The minimum Gasteiger partial charge on any atom is -0.506 e. The molecular formula is C21H17N3O4. The Bertz CT molecular complexity index is 1200. The molecule has 1 amide bonds. The fraction of sp³-hybridized carbons (Fsp3) is 0.0952. The smallest absolute Gasteiger partial charge is 0.300 e. The summed E-state index contributed by atoms with van der Waals surface area (Å²) in [6.45, 7) is 2.10. The lowest BCUT2D eigenvalue weighted by Crippen LogP contribution is -2.08. The van der Waals surface area contributed by atoms with E-state index < -0.39 is 5.91 Å². The quantitative estimate of drug-likeness (QED) is 0.318. The van der Waals surface area contributed by atoms with Crippen LogP contribution in [0.3, 0.4) is 0 Å². The van der Waals surface area contributed by atoms with Crippen LogP contribution in [0, 0.1) is 19.3 Å². The van der Waals surface area contributed by atoms with E-state index in [1.54, 1.807) is 18.2 Å². The van der Waals surface area contributed by atoms with Gasteiger partial charge in [-0.3, -0.25) is 19.6 Å². The van der Waals surface area contributed by atoms with Crippen molar-refractivity contribution in [1.82, 2.24) is 4.98 Å². The van der Waals surface area contributed by atoms with Gasteiger partial charge in [0.1, 0.15) is 5.75 Å². The van der Waals surface area contributed by atoms with Crippen LogP contribution in [0.5, 0.6) is 11.6 Å². The third-order valence-electron chi connectivity index (χ3n) is 4.13. The zero-order valence-electron chi connectivity index (χ0n) is 15.0. The maximum Gasteiger partial charge on any atom is 0.300 e. The Morgan fingerprint density at radius 3 is 2.75 bits per heavy atom. The van der Waals surface area contributed by atoms with Crippen LogP contribution in [0.1, 0.15) is 16.7 Å². The van der Waals surface area contributed by atoms with Gasteiger partial charge in [0, 0.05) is 17.0 Å². The lowest BCUT2D eigenvalue weighted by Gasteiger charge is -2.07. The first-order chi connectivity index (χ1) is 13.4. The number of phenolic OH excluding ortho intramolecular Hbond substituents is 1. The number of aromatic nitrogens is 1. The second kappa shape index (κ2) is 7.68. The summed E-state index contributed by atoms with van der Waals surface area (Å²) in [7, 11) is 0. The fourth-order valence-electron chi connectivity index (χ4n) is 2.76. The van der Waals surface area contributed by atoms with Crippen molar-refractivity contribution in [3.05, 3.63) is 63.4 Å². The van der Waals surface area contributed by atoms with E-state index in [0.29, 0.717) is 21.9 Å². The van der Waals surface area contributed by atoms with Gasteiger partial charge in [0.05, 0.1) is 17.8 Å². The Balaban J connectivity index is 1.87. The van der Waals surface area contributed by atoms with E-state index in [9.17, 15) is 19.8 Å². The number of nitrogens with one attached hydrogen (secondary N) is 2. The van der Waals surface area contributed by atoms with Gasteiger partial charge in [-0.1, -0.05) is 23.8 Å². The number of aliphatic imine (C=N–C) groups is 1. The highest BCUT2D eigenvalue weighted by Gasteiger charge is 2.10. The summed E-state index contributed by atoms with van der Waals surface area (Å²) in [6.07, 6.45) is 6.46. The molecule has 0 aliphatic carbocycles. The van der Waals surface area contributed by atoms with Gasteiger partial charge in [0.25, 0.3) is 11.5 Å². The van der Waals surface area contributed by atoms with Gasteiger partial charge in [-0.2, -0.15) is 0 Å². The van der Waals surface area contributed by atoms with Gasteiger partial charge in [0.15, 0.2) is 0 Å². The van der Waals surface area contributed by atoms with Crippen LogP contribution in [-0.4, -0.2) is 27.3 Å². The monoisotopic (exact) mass is 375 g/mol. The summed E-state index contributed by atoms with van der Waals surface area (Å²) in [5.41, 5.74) is 1.86. The maximum atomic E-state index is 12.0. The number of aromatic amines is 1. The zero-order valence-corrected chi connectivity index (χ0v) is 15.0. The Labute approximate surface area is 160 Å². The lowest BCUT2D eigenvalue weighted by atomic mass is 10.1. The van der Waals surface area contributed by atoms with Crippen LogP contribution in [0.2, 0.25) is 0 Å². The fourth-order valence-corrected chi connectivity index (χ4v) is 2.76. The molecule has 0 fully saturated rings. The molecule has 0 aliphatic heterocycles. The number of H-pyrrole nitrogens is 1. The van der Waals surface area contributed by atoms with E-state index in [0.717, 1.165) is 5.56 Å². The van der Waals surface area contributed by atoms with E-state index in [2.05, 4.69) is 15.3 Å². The third-order valence-corrected chi connectivity index (χ3v) is 4.13. The number of amides is 1. The summed E-state index contributed by atoms with van der Waals surface area (Å²) < 4.78 is 0. The second-order valence-electron chi connectivity index (χ2n) is 6.19. The summed E-state index contributed by atoms with van der Waals surface area (Å²) >= 11 is 0. The number of phenols is 1. The minimum absolute atomic E-state index is 0.135. The summed E-state index contributed by atoms with van der Waals surface area (Å²) in [5.74, 6) is 0.849. The van der Waals surface area contributed by atoms with E-state index in [1.165, 1.54) is 18.3 Å². The number of pyridine rings is 1. The van der Waals surface area contributed by atoms with Crippen molar-refractivity contribution in [1.29, 1.82) is 0 Å². The van der Waals surface area contributed by atoms with E-state index >= 15 is 0 Å². The molecule has 0 atom stereocenters. The number of hydrogen-bond donors (Lipinski definition) is 4. The van der Waals surface area contributed by atoms with Gasteiger partial charge in [-0.15, -0.1) is 6.42 Å². The normalized spacial score (nSPS) is 10.9. The van der Waals surface area contributed by atoms with Crippen molar-refractivity contribution in [2.75, 3.05) is 5.32 Å². The highest BCUT2D eigenvalue weighted by atomic mass is 16.3. The molecule has 2 aromatic carbocycles. The van der Waals surface area contributed by atoms with E-state index in [-0.39, 0.29) is 29.4 Å². The molecule has 1 aromatic heterocycles. The van der Waals surface area contributed by atoms with Crippen LogP contribution in [0.4, 0.5) is 5.69 Å². The topological polar surface area (TPSA) is 115 Å². The summed E-state index contributed by atoms with van der Waals surface area (Å²) in [5, 5.41) is 23.5. The van der Waals surface area contributed by atoms with Gasteiger partial charge >= 0.3 is 0 Å². The van der Waals surface area contributed by atoms with Crippen LogP contribution < -0.4 is 10.9 Å². The number of hydrogen-bond acceptors (Lipinski definition) is 5. The molecule has 0 aliphatic rings. The van der Waals surface area contributed by atoms with Crippen molar-refractivity contribution in [3.63, 3.8) is 0 Å². The molecule has 3 rings (SSSR count). The Morgan fingerprint density at radius 2 is 2.04 bits per heavy atom. The highest BCUT2D eigenvalue weighted by molar-refractivity contribution is 6.04. The van der Waals surface area contributed by atoms with Crippen molar-refractivity contribution in [2.24, 2.45) is 4.99 Å². The highest BCUT2D eigenvalue weighted by Crippen LogP contribution is 2.25. The van der Waals surface area contributed by atoms with Gasteiger partial charge in [-0.25, -0.2) is 0 Å². The molecule has 0 spiro atoms. The summed E-state index contributed by atoms with van der Waals surface area (Å²) in [4.78, 5) is 29.9. The minimum atomic E-state index is -0.656. The number of aromatic hydroxyl groups is 2. The number of anilines is 1. The standard InChI is InChI=1S/C21H17N3O4/c1-3-19(26)23-17-7-5-13(9-18(17)25)10-22-11-16-15-8-12(2)4-6-14(15)20(27)24-21(16)28/h1,4-9,11,25H,10H2,2H3,(H,23,26)(H2,24,27,28). The number of terminal acetylenes is 1. The Hall–Kier alpha value is -4.05. The molecule has 7 nitrogen and oxygen atoms in total. The summed E-state index contributed by atoms with van der Waals surface area (Å²) in [6, 6.07) is 9.98. The molecule has 0 radical (unpaired) electrons. The number of benzene rings is 2. The average molecular weight is 375 g/mol. The van der Waals surface area contributed by atoms with Crippen molar-refractivity contribution in [3.8, 4) is 24.0 Å². The average Bonchev–Trinajstić information content (AvgIpc) is 2.66. The first kappa shape index (κ1) is 18.7. The van der Waals surface area contributed by atoms with E-state index in [4.69, 9.17) is 6.42 Å². The molecule has 0 unspecified atom stereocenters. The Morgan fingerprint density at radius 1 is 1.25 bits per heavy atom. The molecule has 1 heterocycles. The van der Waals surface area contributed by atoms with E-state index in [1.807, 2.05) is 18.9 Å². The van der Waals surface area contributed by atoms with Gasteiger partial charge in [-0.05, 0) is 36.6 Å². The molecule has 140 valence electrons. The van der Waals surface area contributed by atoms with Crippen LogP contribution >= 0.6 is 0 Å². The molecule has 0 bridgehead atoms. The van der Waals surface area contributed by atoms with Crippen molar-refractivity contribution < 1.29 is 15.0 Å². The molecule has 3 aromatic rings. The molecule has 0 saturated carbocycles. The largest absolute Gasteiger partial charge is 0.506 e. The Kier molecular flexibility index (Phi) is 5.14.